The average molecular weight is 558 g/mol. The van der Waals surface area contributed by atoms with Crippen LogP contribution in [0.4, 0.5) is 34.8 Å². The van der Waals surface area contributed by atoms with Gasteiger partial charge in [0.25, 0.3) is 11.1 Å². The number of pyridine rings is 1. The summed E-state index contributed by atoms with van der Waals surface area (Å²) in [7, 11) is 1.40. The van der Waals surface area contributed by atoms with Gasteiger partial charge in [0.1, 0.15) is 17.0 Å². The zero-order valence-electron chi connectivity index (χ0n) is 21.5. The van der Waals surface area contributed by atoms with E-state index in [1.165, 1.54) is 44.3 Å². The summed E-state index contributed by atoms with van der Waals surface area (Å²) >= 11 is 0. The molecule has 2 aromatic heterocycles. The molecule has 0 saturated heterocycles. The number of carbonyl (C=O) groups excluding carboxylic acids is 1. The average Bonchev–Trinajstić information content (AvgIpc) is 3.71. The van der Waals surface area contributed by atoms with Gasteiger partial charge in [-0.15, -0.1) is 0 Å². The van der Waals surface area contributed by atoms with Crippen molar-refractivity contribution in [3.63, 3.8) is 0 Å². The number of hydrogen-bond donors (Lipinski definition) is 2. The maximum absolute atomic E-state index is 14.8. The summed E-state index contributed by atoms with van der Waals surface area (Å²) in [6.07, 6.45) is -4.06. The summed E-state index contributed by atoms with van der Waals surface area (Å²) in [5.74, 6) is -2.91. The van der Waals surface area contributed by atoms with E-state index in [4.69, 9.17) is 0 Å². The van der Waals surface area contributed by atoms with E-state index >= 15 is 0 Å². The zero-order valence-corrected chi connectivity index (χ0v) is 21.5. The second kappa shape index (κ2) is 9.50. The third-order valence-electron chi connectivity index (χ3n) is 6.75. The van der Waals surface area contributed by atoms with Gasteiger partial charge >= 0.3 is 17.8 Å². The molecule has 0 radical (unpaired) electrons. The van der Waals surface area contributed by atoms with Gasteiger partial charge in [-0.2, -0.15) is 13.2 Å². The lowest BCUT2D eigenvalue weighted by atomic mass is 10.1. The van der Waals surface area contributed by atoms with Crippen LogP contribution in [0.2, 0.25) is 0 Å². The number of anilines is 3. The molecule has 1 aliphatic carbocycles. The van der Waals surface area contributed by atoms with Gasteiger partial charge in [-0.3, -0.25) is 28.1 Å². The van der Waals surface area contributed by atoms with Crippen LogP contribution in [0.15, 0.2) is 56.8 Å². The Bertz CT molecular complexity index is 1880. The maximum Gasteiger partial charge on any atom is 0.471 e. The molecule has 2 N–H and O–H groups in total. The molecule has 0 atom stereocenters. The van der Waals surface area contributed by atoms with E-state index in [1.807, 2.05) is 0 Å². The highest BCUT2D eigenvalue weighted by atomic mass is 19.4. The van der Waals surface area contributed by atoms with Crippen molar-refractivity contribution >= 4 is 34.0 Å². The maximum atomic E-state index is 14.8. The first-order valence-corrected chi connectivity index (χ1v) is 12.2. The minimum Gasteiger partial charge on any atom is -0.338 e. The third-order valence-corrected chi connectivity index (χ3v) is 6.75. The van der Waals surface area contributed by atoms with Crippen molar-refractivity contribution in [3.05, 3.63) is 90.6 Å². The van der Waals surface area contributed by atoms with Gasteiger partial charge in [-0.1, -0.05) is 12.1 Å². The standard InChI is InChI=1S/C27H23F4N5O4/c1-13-7-10-19(18(28)11-13)33-22-20-21(14(2)23(37)34(22)3)35(26(40)36(24(20)38)16-8-9-16)17-6-4-5-15(12-17)32-25(39)27(29,30)31/h4-7,10-12,16,33H,8-9H2,1-3H3,(H,32,39). The van der Waals surface area contributed by atoms with Crippen molar-refractivity contribution in [1.29, 1.82) is 0 Å². The van der Waals surface area contributed by atoms with E-state index < -0.39 is 40.8 Å². The van der Waals surface area contributed by atoms with Crippen molar-refractivity contribution in [3.8, 4) is 5.69 Å². The van der Waals surface area contributed by atoms with Crippen LogP contribution in [0.25, 0.3) is 16.6 Å². The van der Waals surface area contributed by atoms with Crippen molar-refractivity contribution in [2.75, 3.05) is 10.6 Å². The number of carbonyl (C=O) groups is 1. The van der Waals surface area contributed by atoms with Crippen LogP contribution >= 0.6 is 0 Å². The lowest BCUT2D eigenvalue weighted by molar-refractivity contribution is -0.167. The molecule has 208 valence electrons. The summed E-state index contributed by atoms with van der Waals surface area (Å²) in [5.41, 5.74) is -1.80. The molecule has 5 rings (SSSR count). The normalized spacial score (nSPS) is 13.5. The number of nitrogens with zero attached hydrogens (tertiary/aromatic N) is 3. The molecule has 0 unspecified atom stereocenters. The fourth-order valence-electron chi connectivity index (χ4n) is 4.63. The third kappa shape index (κ3) is 4.56. The first-order chi connectivity index (χ1) is 18.8. The number of rotatable bonds is 5. The zero-order chi connectivity index (χ0) is 29.1. The predicted molar refractivity (Wildman–Crippen MR) is 141 cm³/mol. The largest absolute Gasteiger partial charge is 0.471 e. The van der Waals surface area contributed by atoms with E-state index in [0.717, 1.165) is 19.8 Å². The monoisotopic (exact) mass is 557 g/mol. The Morgan fingerprint density at radius 1 is 1.00 bits per heavy atom. The van der Waals surface area contributed by atoms with E-state index in [2.05, 4.69) is 5.32 Å². The highest BCUT2D eigenvalue weighted by Crippen LogP contribution is 2.34. The number of aromatic nitrogens is 3. The van der Waals surface area contributed by atoms with Crippen molar-refractivity contribution < 1.29 is 22.4 Å². The molecule has 0 bridgehead atoms. The van der Waals surface area contributed by atoms with E-state index in [1.54, 1.807) is 18.3 Å². The molecule has 2 heterocycles. The summed E-state index contributed by atoms with van der Waals surface area (Å²) < 4.78 is 56.6. The Hall–Kier alpha value is -4.68. The highest BCUT2D eigenvalue weighted by Gasteiger charge is 2.39. The summed E-state index contributed by atoms with van der Waals surface area (Å²) in [5, 5.41) is 4.49. The summed E-state index contributed by atoms with van der Waals surface area (Å²) in [6, 6.07) is 8.99. The number of nitrogens with one attached hydrogen (secondary N) is 2. The second-order valence-corrected chi connectivity index (χ2v) is 9.70. The van der Waals surface area contributed by atoms with Crippen LogP contribution in [-0.4, -0.2) is 25.8 Å². The van der Waals surface area contributed by atoms with Crippen LogP contribution in [0.1, 0.15) is 30.0 Å². The Morgan fingerprint density at radius 3 is 2.33 bits per heavy atom. The fraction of sp³-hybridized carbons (Fsp3) is 0.259. The molecule has 4 aromatic rings. The van der Waals surface area contributed by atoms with E-state index in [-0.39, 0.29) is 39.3 Å². The Balaban J connectivity index is 1.84. The van der Waals surface area contributed by atoms with Crippen LogP contribution in [0.5, 0.6) is 0 Å². The van der Waals surface area contributed by atoms with Crippen molar-refractivity contribution in [1.82, 2.24) is 13.7 Å². The molecule has 1 aliphatic rings. The molecule has 1 amide bonds. The topological polar surface area (TPSA) is 107 Å². The number of alkyl halides is 3. The summed E-state index contributed by atoms with van der Waals surface area (Å²) in [6.45, 7) is 3.11. The summed E-state index contributed by atoms with van der Waals surface area (Å²) in [4.78, 5) is 52.4. The van der Waals surface area contributed by atoms with Gasteiger partial charge < -0.3 is 10.6 Å². The van der Waals surface area contributed by atoms with Crippen molar-refractivity contribution in [2.45, 2.75) is 38.9 Å². The fourth-order valence-corrected chi connectivity index (χ4v) is 4.63. The lowest BCUT2D eigenvalue weighted by Crippen LogP contribution is -2.41. The molecular weight excluding hydrogens is 534 g/mol. The number of aryl methyl sites for hydroxylation is 2. The van der Waals surface area contributed by atoms with Crippen LogP contribution < -0.4 is 27.4 Å². The molecule has 13 heteroatoms. The molecule has 1 saturated carbocycles. The van der Waals surface area contributed by atoms with Gasteiger partial charge in [-0.05, 0) is 62.6 Å². The van der Waals surface area contributed by atoms with Crippen LogP contribution in [0.3, 0.4) is 0 Å². The van der Waals surface area contributed by atoms with Crippen LogP contribution in [-0.2, 0) is 11.8 Å². The predicted octanol–water partition coefficient (Wildman–Crippen LogP) is 4.19. The molecule has 2 aromatic carbocycles. The van der Waals surface area contributed by atoms with Gasteiger partial charge in [-0.25, -0.2) is 9.18 Å². The second-order valence-electron chi connectivity index (χ2n) is 9.70. The molecule has 9 nitrogen and oxygen atoms in total. The van der Waals surface area contributed by atoms with Gasteiger partial charge in [0, 0.05) is 24.3 Å². The Kier molecular flexibility index (Phi) is 6.39. The smallest absolute Gasteiger partial charge is 0.338 e. The van der Waals surface area contributed by atoms with Crippen molar-refractivity contribution in [2.24, 2.45) is 7.05 Å². The van der Waals surface area contributed by atoms with Crippen LogP contribution in [0, 0.1) is 19.7 Å². The SMILES string of the molecule is Cc1ccc(Nc2c3c(=O)n(C4CC4)c(=O)n(-c4cccc(NC(=O)C(F)(F)F)c4)c3c(C)c(=O)n2C)c(F)c1. The lowest BCUT2D eigenvalue weighted by Gasteiger charge is -2.21. The minimum absolute atomic E-state index is 0.00759. The Labute approximate surface area is 223 Å². The quantitative estimate of drug-likeness (QED) is 0.358. The van der Waals surface area contributed by atoms with E-state index in [9.17, 15) is 36.7 Å². The first-order valence-electron chi connectivity index (χ1n) is 12.2. The number of fused-ring (bicyclic) bond motifs is 1. The number of amides is 1. The number of benzene rings is 2. The molecule has 0 spiro atoms. The number of halogens is 4. The highest BCUT2D eigenvalue weighted by molar-refractivity contribution is 5.96. The Morgan fingerprint density at radius 2 is 1.70 bits per heavy atom. The molecule has 1 fully saturated rings. The van der Waals surface area contributed by atoms with Gasteiger partial charge in [0.15, 0.2) is 0 Å². The van der Waals surface area contributed by atoms with Gasteiger partial charge in [0.2, 0.25) is 0 Å². The van der Waals surface area contributed by atoms with Gasteiger partial charge in [0.05, 0.1) is 16.9 Å². The minimum atomic E-state index is -5.15. The molecular formula is C27H23F4N5O4. The molecule has 40 heavy (non-hydrogen) atoms. The molecule has 0 aliphatic heterocycles. The van der Waals surface area contributed by atoms with E-state index in [0.29, 0.717) is 18.4 Å². The first kappa shape index (κ1) is 26.9. The number of hydrogen-bond acceptors (Lipinski definition) is 5.